The molecule has 0 bridgehead atoms. The zero-order valence-electron chi connectivity index (χ0n) is 12.7. The van der Waals surface area contributed by atoms with Gasteiger partial charge in [-0.3, -0.25) is 4.90 Å². The number of likely N-dealkylation sites (tertiary alicyclic amines) is 1. The first-order chi connectivity index (χ1) is 10.3. The van der Waals surface area contributed by atoms with Crippen LogP contribution < -0.4 is 10.5 Å². The van der Waals surface area contributed by atoms with Gasteiger partial charge in [0.05, 0.1) is 26.4 Å². The summed E-state index contributed by atoms with van der Waals surface area (Å²) < 4.78 is 10.8. The SMILES string of the molecule is COc1ccc(C(CN)N2CCC(OCCO)CC2)cc1. The normalized spacial score (nSPS) is 18.6. The molecule has 2 rings (SSSR count). The van der Waals surface area contributed by atoms with Crippen LogP contribution in [-0.4, -0.2) is 56.1 Å². The number of nitrogens with zero attached hydrogens (tertiary/aromatic N) is 1. The fourth-order valence-electron chi connectivity index (χ4n) is 2.90. The molecule has 0 spiro atoms. The summed E-state index contributed by atoms with van der Waals surface area (Å²) >= 11 is 0. The Morgan fingerprint density at radius 1 is 1.29 bits per heavy atom. The fourth-order valence-corrected chi connectivity index (χ4v) is 2.90. The number of nitrogens with two attached hydrogens (primary N) is 1. The summed E-state index contributed by atoms with van der Waals surface area (Å²) in [5, 5.41) is 8.80. The van der Waals surface area contributed by atoms with E-state index in [1.54, 1.807) is 7.11 Å². The van der Waals surface area contributed by atoms with Crippen molar-refractivity contribution in [3.63, 3.8) is 0 Å². The lowest BCUT2D eigenvalue weighted by Gasteiger charge is -2.37. The molecule has 3 N–H and O–H groups in total. The molecule has 118 valence electrons. The standard InChI is InChI=1S/C16H26N2O3/c1-20-14-4-2-13(3-5-14)16(12-17)18-8-6-15(7-9-18)21-11-10-19/h2-5,15-16,19H,6-12,17H2,1H3. The van der Waals surface area contributed by atoms with Crippen molar-refractivity contribution in [3.8, 4) is 5.75 Å². The number of aliphatic hydroxyl groups is 1. The average molecular weight is 294 g/mol. The average Bonchev–Trinajstić information content (AvgIpc) is 2.55. The van der Waals surface area contributed by atoms with Crippen molar-refractivity contribution in [1.82, 2.24) is 4.90 Å². The van der Waals surface area contributed by atoms with Gasteiger partial charge >= 0.3 is 0 Å². The molecule has 0 aliphatic carbocycles. The van der Waals surface area contributed by atoms with Crippen molar-refractivity contribution in [2.45, 2.75) is 25.0 Å². The Hall–Kier alpha value is -1.14. The molecule has 0 amide bonds. The van der Waals surface area contributed by atoms with E-state index in [4.69, 9.17) is 20.3 Å². The van der Waals surface area contributed by atoms with E-state index in [1.165, 1.54) is 5.56 Å². The van der Waals surface area contributed by atoms with Crippen LogP contribution in [0.4, 0.5) is 0 Å². The van der Waals surface area contributed by atoms with Crippen LogP contribution in [0.2, 0.25) is 0 Å². The van der Waals surface area contributed by atoms with Crippen molar-refractivity contribution >= 4 is 0 Å². The minimum absolute atomic E-state index is 0.0947. The molecule has 0 saturated carbocycles. The van der Waals surface area contributed by atoms with Crippen molar-refractivity contribution < 1.29 is 14.6 Å². The van der Waals surface area contributed by atoms with Crippen LogP contribution in [0.15, 0.2) is 24.3 Å². The van der Waals surface area contributed by atoms with Crippen molar-refractivity contribution in [1.29, 1.82) is 0 Å². The Morgan fingerprint density at radius 3 is 2.48 bits per heavy atom. The second kappa shape index (κ2) is 8.34. The van der Waals surface area contributed by atoms with Gasteiger partial charge in [-0.2, -0.15) is 0 Å². The maximum absolute atomic E-state index is 8.80. The summed E-state index contributed by atoms with van der Waals surface area (Å²) in [6.45, 7) is 3.09. The summed E-state index contributed by atoms with van der Waals surface area (Å²) in [6.07, 6.45) is 2.25. The smallest absolute Gasteiger partial charge is 0.118 e. The van der Waals surface area contributed by atoms with Gasteiger partial charge in [-0.05, 0) is 30.5 Å². The van der Waals surface area contributed by atoms with Crippen LogP contribution in [0.1, 0.15) is 24.4 Å². The van der Waals surface area contributed by atoms with Gasteiger partial charge in [-0.15, -0.1) is 0 Å². The number of piperidine rings is 1. The number of ether oxygens (including phenoxy) is 2. The third-order valence-electron chi connectivity index (χ3n) is 4.09. The quantitative estimate of drug-likeness (QED) is 0.790. The third kappa shape index (κ3) is 4.41. The number of hydrogen-bond donors (Lipinski definition) is 2. The molecule has 5 nitrogen and oxygen atoms in total. The van der Waals surface area contributed by atoms with Crippen LogP contribution in [0.25, 0.3) is 0 Å². The van der Waals surface area contributed by atoms with Gasteiger partial charge in [-0.25, -0.2) is 0 Å². The zero-order chi connectivity index (χ0) is 15.1. The maximum atomic E-state index is 8.80. The van der Waals surface area contributed by atoms with E-state index in [1.807, 2.05) is 12.1 Å². The van der Waals surface area contributed by atoms with E-state index in [9.17, 15) is 0 Å². The Balaban J connectivity index is 1.92. The van der Waals surface area contributed by atoms with E-state index >= 15 is 0 Å². The van der Waals surface area contributed by atoms with Gasteiger partial charge < -0.3 is 20.3 Å². The largest absolute Gasteiger partial charge is 0.497 e. The molecular weight excluding hydrogens is 268 g/mol. The van der Waals surface area contributed by atoms with Crippen molar-refractivity contribution in [2.24, 2.45) is 5.73 Å². The van der Waals surface area contributed by atoms with E-state index in [0.29, 0.717) is 13.2 Å². The number of hydrogen-bond acceptors (Lipinski definition) is 5. The second-order valence-corrected chi connectivity index (χ2v) is 5.35. The molecule has 1 saturated heterocycles. The van der Waals surface area contributed by atoms with Crippen LogP contribution in [-0.2, 0) is 4.74 Å². The highest BCUT2D eigenvalue weighted by atomic mass is 16.5. The van der Waals surface area contributed by atoms with E-state index in [-0.39, 0.29) is 18.8 Å². The summed E-state index contributed by atoms with van der Waals surface area (Å²) in [6, 6.07) is 8.38. The topological polar surface area (TPSA) is 68.0 Å². The first kappa shape index (κ1) is 16.2. The molecule has 21 heavy (non-hydrogen) atoms. The fraction of sp³-hybridized carbons (Fsp3) is 0.625. The second-order valence-electron chi connectivity index (χ2n) is 5.35. The summed E-state index contributed by atoms with van der Waals surface area (Å²) in [7, 11) is 1.67. The van der Waals surface area contributed by atoms with Crippen molar-refractivity contribution in [2.75, 3.05) is 40.0 Å². The van der Waals surface area contributed by atoms with Gasteiger partial charge in [0.25, 0.3) is 0 Å². The predicted molar refractivity (Wildman–Crippen MR) is 82.4 cm³/mol. The summed E-state index contributed by atoms with van der Waals surface area (Å²) in [4.78, 5) is 2.42. The highest BCUT2D eigenvalue weighted by Gasteiger charge is 2.25. The lowest BCUT2D eigenvalue weighted by atomic mass is 10.0. The number of aliphatic hydroxyl groups excluding tert-OH is 1. The lowest BCUT2D eigenvalue weighted by Crippen LogP contribution is -2.42. The van der Waals surface area contributed by atoms with Gasteiger partial charge in [-0.1, -0.05) is 12.1 Å². The maximum Gasteiger partial charge on any atom is 0.118 e. The molecule has 1 aliphatic rings. The minimum Gasteiger partial charge on any atom is -0.497 e. The molecule has 1 aromatic carbocycles. The monoisotopic (exact) mass is 294 g/mol. The van der Waals surface area contributed by atoms with Gasteiger partial charge in [0.2, 0.25) is 0 Å². The van der Waals surface area contributed by atoms with Crippen LogP contribution in [0, 0.1) is 0 Å². The lowest BCUT2D eigenvalue weighted by molar-refractivity contribution is -0.0148. The minimum atomic E-state index is 0.0947. The Morgan fingerprint density at radius 2 is 1.95 bits per heavy atom. The Labute approximate surface area is 126 Å². The molecule has 1 heterocycles. The van der Waals surface area contributed by atoms with Crippen LogP contribution >= 0.6 is 0 Å². The van der Waals surface area contributed by atoms with E-state index in [2.05, 4.69) is 17.0 Å². The summed E-state index contributed by atoms with van der Waals surface area (Å²) in [5.41, 5.74) is 7.21. The molecular formula is C16H26N2O3. The van der Waals surface area contributed by atoms with Crippen LogP contribution in [0.5, 0.6) is 5.75 Å². The predicted octanol–water partition coefficient (Wildman–Crippen LogP) is 1.17. The molecule has 0 aromatic heterocycles. The first-order valence-corrected chi connectivity index (χ1v) is 7.59. The molecule has 1 atom stereocenters. The molecule has 5 heteroatoms. The highest BCUT2D eigenvalue weighted by molar-refractivity contribution is 5.29. The van der Waals surface area contributed by atoms with Gasteiger partial charge in [0.1, 0.15) is 5.75 Å². The third-order valence-corrected chi connectivity index (χ3v) is 4.09. The number of rotatable bonds is 7. The number of benzene rings is 1. The molecule has 1 fully saturated rings. The number of methoxy groups -OCH3 is 1. The Bertz CT molecular complexity index is 402. The molecule has 1 aromatic rings. The molecule has 0 radical (unpaired) electrons. The van der Waals surface area contributed by atoms with Gasteiger partial charge in [0.15, 0.2) is 0 Å². The Kier molecular flexibility index (Phi) is 6.45. The molecule has 1 unspecified atom stereocenters. The molecule has 1 aliphatic heterocycles. The summed E-state index contributed by atoms with van der Waals surface area (Å²) in [5.74, 6) is 0.866. The first-order valence-electron chi connectivity index (χ1n) is 7.59. The highest BCUT2D eigenvalue weighted by Crippen LogP contribution is 2.26. The zero-order valence-corrected chi connectivity index (χ0v) is 12.7. The van der Waals surface area contributed by atoms with E-state index < -0.39 is 0 Å². The van der Waals surface area contributed by atoms with Gasteiger partial charge in [0, 0.05) is 25.7 Å². The van der Waals surface area contributed by atoms with E-state index in [0.717, 1.165) is 31.7 Å². The van der Waals surface area contributed by atoms with Crippen LogP contribution in [0.3, 0.4) is 0 Å². The van der Waals surface area contributed by atoms with Crippen molar-refractivity contribution in [3.05, 3.63) is 29.8 Å².